The predicted molar refractivity (Wildman–Crippen MR) is 81.3 cm³/mol. The maximum Gasteiger partial charge on any atom is 0.221 e. The molecule has 0 spiro atoms. The zero-order chi connectivity index (χ0) is 17.0. The van der Waals surface area contributed by atoms with Crippen LogP contribution in [0.5, 0.6) is 0 Å². The van der Waals surface area contributed by atoms with Crippen LogP contribution in [0.1, 0.15) is 18.4 Å². The smallest absolute Gasteiger partial charge is 0.221 e. The zero-order valence-electron chi connectivity index (χ0n) is 13.4. The van der Waals surface area contributed by atoms with Crippen LogP contribution in [0, 0.1) is 17.5 Å². The van der Waals surface area contributed by atoms with Crippen LogP contribution in [0.15, 0.2) is 12.1 Å². The zero-order valence-corrected chi connectivity index (χ0v) is 13.4. The third kappa shape index (κ3) is 4.94. The minimum atomic E-state index is -1.24. The number of hydrogen-bond acceptors (Lipinski definition) is 3. The number of benzene rings is 1. The summed E-state index contributed by atoms with van der Waals surface area (Å²) in [5, 5.41) is 2.54. The Kier molecular flexibility index (Phi) is 6.01. The second kappa shape index (κ2) is 7.79. The molecule has 0 aromatic heterocycles. The summed E-state index contributed by atoms with van der Waals surface area (Å²) in [5.41, 5.74) is -0.0666. The van der Waals surface area contributed by atoms with Gasteiger partial charge in [0.25, 0.3) is 0 Å². The molecule has 1 fully saturated rings. The molecular formula is C16H22F3N3O. The Morgan fingerprint density at radius 2 is 2.00 bits per heavy atom. The lowest BCUT2D eigenvalue weighted by Crippen LogP contribution is -2.36. The Labute approximate surface area is 134 Å². The lowest BCUT2D eigenvalue weighted by molar-refractivity contribution is -0.121. The van der Waals surface area contributed by atoms with Gasteiger partial charge in [-0.15, -0.1) is 0 Å². The Hall–Kier alpha value is -1.60. The topological polar surface area (TPSA) is 35.6 Å². The van der Waals surface area contributed by atoms with Crippen LogP contribution >= 0.6 is 0 Å². The molecule has 2 rings (SSSR count). The highest BCUT2D eigenvalue weighted by Crippen LogP contribution is 2.14. The van der Waals surface area contributed by atoms with Crippen molar-refractivity contribution in [2.24, 2.45) is 0 Å². The van der Waals surface area contributed by atoms with Crippen LogP contribution < -0.4 is 5.32 Å². The average Bonchev–Trinajstić information content (AvgIpc) is 2.93. The van der Waals surface area contributed by atoms with E-state index in [1.165, 1.54) is 0 Å². The molecule has 0 radical (unpaired) electrons. The highest BCUT2D eigenvalue weighted by molar-refractivity contribution is 5.76. The van der Waals surface area contributed by atoms with Crippen molar-refractivity contribution in [3.8, 4) is 0 Å². The Morgan fingerprint density at radius 3 is 2.65 bits per heavy atom. The number of amides is 1. The van der Waals surface area contributed by atoms with E-state index in [2.05, 4.69) is 22.2 Å². The molecule has 1 aliphatic rings. The van der Waals surface area contributed by atoms with E-state index in [1.807, 2.05) is 7.05 Å². The van der Waals surface area contributed by atoms with Gasteiger partial charge in [-0.05, 0) is 33.1 Å². The standard InChI is InChI=1S/C16H22F3N3O/c1-21-5-3-12(10-21)22(2)6-4-16(23)20-9-11-7-14(18)15(19)8-13(11)17/h7-8,12H,3-6,9-10H2,1-2H3,(H,20,23). The summed E-state index contributed by atoms with van der Waals surface area (Å²) >= 11 is 0. The summed E-state index contributed by atoms with van der Waals surface area (Å²) in [4.78, 5) is 16.2. The van der Waals surface area contributed by atoms with Crippen molar-refractivity contribution in [2.45, 2.75) is 25.4 Å². The van der Waals surface area contributed by atoms with E-state index < -0.39 is 17.5 Å². The van der Waals surface area contributed by atoms with Crippen molar-refractivity contribution in [2.75, 3.05) is 33.7 Å². The van der Waals surface area contributed by atoms with Gasteiger partial charge >= 0.3 is 0 Å². The lowest BCUT2D eigenvalue weighted by Gasteiger charge is -2.23. The van der Waals surface area contributed by atoms with Crippen LogP contribution in [0.25, 0.3) is 0 Å². The van der Waals surface area contributed by atoms with E-state index in [-0.39, 0.29) is 24.4 Å². The summed E-state index contributed by atoms with van der Waals surface area (Å²) in [5.74, 6) is -3.47. The molecular weight excluding hydrogens is 307 g/mol. The van der Waals surface area contributed by atoms with E-state index in [0.717, 1.165) is 25.6 Å². The highest BCUT2D eigenvalue weighted by Gasteiger charge is 2.23. The summed E-state index contributed by atoms with van der Waals surface area (Å²) < 4.78 is 39.4. The first-order valence-corrected chi connectivity index (χ1v) is 7.65. The molecule has 1 aromatic carbocycles. The van der Waals surface area contributed by atoms with Crippen molar-refractivity contribution in [1.29, 1.82) is 0 Å². The molecule has 1 aromatic rings. The molecule has 0 bridgehead atoms. The maximum absolute atomic E-state index is 13.5. The molecule has 1 amide bonds. The molecule has 7 heteroatoms. The number of likely N-dealkylation sites (N-methyl/N-ethyl adjacent to an activating group) is 2. The van der Waals surface area contributed by atoms with Crippen LogP contribution in [-0.2, 0) is 11.3 Å². The molecule has 1 N–H and O–H groups in total. The van der Waals surface area contributed by atoms with Crippen molar-refractivity contribution in [1.82, 2.24) is 15.1 Å². The van der Waals surface area contributed by atoms with Crippen molar-refractivity contribution >= 4 is 5.91 Å². The van der Waals surface area contributed by atoms with Crippen molar-refractivity contribution < 1.29 is 18.0 Å². The second-order valence-corrected chi connectivity index (χ2v) is 6.07. The fraction of sp³-hybridized carbons (Fsp3) is 0.562. The predicted octanol–water partition coefficient (Wildman–Crippen LogP) is 1.75. The average molecular weight is 329 g/mol. The van der Waals surface area contributed by atoms with Crippen molar-refractivity contribution in [3.05, 3.63) is 35.1 Å². The van der Waals surface area contributed by atoms with Gasteiger partial charge < -0.3 is 15.1 Å². The van der Waals surface area contributed by atoms with Gasteiger partial charge in [-0.2, -0.15) is 0 Å². The SMILES string of the molecule is CN1CCC(N(C)CCC(=O)NCc2cc(F)c(F)cc2F)C1. The van der Waals surface area contributed by atoms with Gasteiger partial charge in [0.15, 0.2) is 11.6 Å². The fourth-order valence-corrected chi connectivity index (χ4v) is 2.71. The third-order valence-corrected chi connectivity index (χ3v) is 4.25. The third-order valence-electron chi connectivity index (χ3n) is 4.25. The van der Waals surface area contributed by atoms with Gasteiger partial charge in [0.2, 0.25) is 5.91 Å². The normalized spacial score (nSPS) is 18.6. The second-order valence-electron chi connectivity index (χ2n) is 6.07. The summed E-state index contributed by atoms with van der Waals surface area (Å²) in [6.45, 7) is 2.48. The van der Waals surface area contributed by atoms with Gasteiger partial charge in [0.05, 0.1) is 0 Å². The largest absolute Gasteiger partial charge is 0.352 e. The van der Waals surface area contributed by atoms with Crippen molar-refractivity contribution in [3.63, 3.8) is 0 Å². The number of nitrogens with one attached hydrogen (secondary N) is 1. The van der Waals surface area contributed by atoms with Gasteiger partial charge in [-0.3, -0.25) is 4.79 Å². The molecule has 1 aliphatic heterocycles. The summed E-state index contributed by atoms with van der Waals surface area (Å²) in [7, 11) is 4.04. The number of carbonyl (C=O) groups excluding carboxylic acids is 1. The first kappa shape index (κ1) is 17.7. The summed E-state index contributed by atoms with van der Waals surface area (Å²) in [6.07, 6.45) is 1.36. The van der Waals surface area contributed by atoms with Gasteiger partial charge in [-0.1, -0.05) is 0 Å². The molecule has 4 nitrogen and oxygen atoms in total. The summed E-state index contributed by atoms with van der Waals surface area (Å²) in [6, 6.07) is 1.70. The Bertz CT molecular complexity index is 568. The van der Waals surface area contributed by atoms with Crippen LogP contribution in [0.4, 0.5) is 13.2 Å². The lowest BCUT2D eigenvalue weighted by atomic mass is 10.2. The molecule has 1 heterocycles. The number of carbonyl (C=O) groups is 1. The Balaban J connectivity index is 1.76. The molecule has 0 saturated carbocycles. The van der Waals surface area contributed by atoms with E-state index in [0.29, 0.717) is 18.7 Å². The van der Waals surface area contributed by atoms with Gasteiger partial charge in [-0.25, -0.2) is 13.2 Å². The maximum atomic E-state index is 13.5. The first-order chi connectivity index (χ1) is 10.9. The quantitative estimate of drug-likeness (QED) is 0.808. The molecule has 128 valence electrons. The number of hydrogen-bond donors (Lipinski definition) is 1. The molecule has 23 heavy (non-hydrogen) atoms. The van der Waals surface area contributed by atoms with Gasteiger partial charge in [0, 0.05) is 43.7 Å². The molecule has 1 atom stereocenters. The van der Waals surface area contributed by atoms with E-state index in [4.69, 9.17) is 0 Å². The van der Waals surface area contributed by atoms with Gasteiger partial charge in [0.1, 0.15) is 5.82 Å². The molecule has 1 saturated heterocycles. The first-order valence-electron chi connectivity index (χ1n) is 7.65. The van der Waals surface area contributed by atoms with Crippen LogP contribution in [-0.4, -0.2) is 55.5 Å². The Morgan fingerprint density at radius 1 is 1.30 bits per heavy atom. The van der Waals surface area contributed by atoms with E-state index >= 15 is 0 Å². The number of rotatable bonds is 6. The number of likely N-dealkylation sites (tertiary alicyclic amines) is 1. The fourth-order valence-electron chi connectivity index (χ4n) is 2.71. The molecule has 0 aliphatic carbocycles. The number of nitrogens with zero attached hydrogens (tertiary/aromatic N) is 2. The van der Waals surface area contributed by atoms with Crippen LogP contribution in [0.3, 0.4) is 0 Å². The minimum Gasteiger partial charge on any atom is -0.352 e. The highest BCUT2D eigenvalue weighted by atomic mass is 19.2. The van der Waals surface area contributed by atoms with Crippen LogP contribution in [0.2, 0.25) is 0 Å². The molecule has 1 unspecified atom stereocenters. The monoisotopic (exact) mass is 329 g/mol. The van der Waals surface area contributed by atoms with E-state index in [9.17, 15) is 18.0 Å². The number of halogens is 3. The minimum absolute atomic E-state index is 0.0666. The van der Waals surface area contributed by atoms with E-state index in [1.54, 1.807) is 0 Å².